The third-order valence-electron chi connectivity index (χ3n) is 5.03. The monoisotopic (exact) mass is 397 g/mol. The summed E-state index contributed by atoms with van der Waals surface area (Å²) in [6, 6.07) is 19.0. The van der Waals surface area contributed by atoms with E-state index in [1.807, 2.05) is 76.6 Å². The van der Waals surface area contributed by atoms with E-state index >= 15 is 0 Å². The third-order valence-corrected chi connectivity index (χ3v) is 5.03. The predicted octanol–water partition coefficient (Wildman–Crippen LogP) is 4.49. The number of hydrogen-bond donors (Lipinski definition) is 1. The van der Waals surface area contributed by atoms with Gasteiger partial charge in [0.1, 0.15) is 28.7 Å². The number of carbonyl (C=O) groups excluding carboxylic acids is 1. The predicted molar refractivity (Wildman–Crippen MR) is 115 cm³/mol. The molecule has 0 aliphatic rings. The lowest BCUT2D eigenvalue weighted by molar-refractivity contribution is 0.0601. The van der Waals surface area contributed by atoms with Gasteiger partial charge in [-0.05, 0) is 49.4 Å². The molecule has 0 unspecified atom stereocenters. The lowest BCUT2D eigenvalue weighted by atomic mass is 10.2. The molecule has 0 fully saturated rings. The van der Waals surface area contributed by atoms with Gasteiger partial charge in [-0.2, -0.15) is 0 Å². The minimum atomic E-state index is -0.382. The number of hydrogen-bond acceptors (Lipinski definition) is 5. The van der Waals surface area contributed by atoms with Crippen molar-refractivity contribution in [1.82, 2.24) is 18.8 Å². The van der Waals surface area contributed by atoms with Crippen molar-refractivity contribution in [3.8, 4) is 11.4 Å². The molecule has 5 aromatic rings. The summed E-state index contributed by atoms with van der Waals surface area (Å²) >= 11 is 0. The zero-order valence-electron chi connectivity index (χ0n) is 16.5. The molecule has 0 saturated heterocycles. The molecular formula is C23H19N5O2. The highest BCUT2D eigenvalue weighted by atomic mass is 16.5. The molecule has 0 bridgehead atoms. The van der Waals surface area contributed by atoms with Gasteiger partial charge in [0.15, 0.2) is 0 Å². The van der Waals surface area contributed by atoms with Crippen LogP contribution in [-0.2, 0) is 4.74 Å². The molecule has 1 N–H and O–H groups in total. The quantitative estimate of drug-likeness (QED) is 0.453. The van der Waals surface area contributed by atoms with Crippen LogP contribution >= 0.6 is 0 Å². The van der Waals surface area contributed by atoms with Crippen molar-refractivity contribution in [1.29, 1.82) is 0 Å². The number of fused-ring (bicyclic) bond motifs is 2. The molecule has 7 heteroatoms. The maximum absolute atomic E-state index is 11.9. The molecule has 148 valence electrons. The van der Waals surface area contributed by atoms with Gasteiger partial charge in [0.2, 0.25) is 0 Å². The zero-order valence-corrected chi connectivity index (χ0v) is 16.5. The van der Waals surface area contributed by atoms with Crippen LogP contribution in [0.2, 0.25) is 0 Å². The third kappa shape index (κ3) is 2.88. The van der Waals surface area contributed by atoms with E-state index in [1.54, 1.807) is 12.1 Å². The van der Waals surface area contributed by atoms with Crippen LogP contribution in [0.3, 0.4) is 0 Å². The summed E-state index contributed by atoms with van der Waals surface area (Å²) in [6.07, 6.45) is 3.94. The number of esters is 1. The Kier molecular flexibility index (Phi) is 4.21. The number of nitrogens with one attached hydrogen (secondary N) is 1. The SMILES string of the molecule is COC(=O)c1cccc(Nc2c(-c3nc(C)n4ccccc34)nc3ccccn23)c1. The number of ether oxygens (including phenoxy) is 1. The minimum absolute atomic E-state index is 0.382. The lowest BCUT2D eigenvalue weighted by Crippen LogP contribution is -2.03. The molecular weight excluding hydrogens is 378 g/mol. The summed E-state index contributed by atoms with van der Waals surface area (Å²) in [5, 5.41) is 3.43. The van der Waals surface area contributed by atoms with E-state index < -0.39 is 0 Å². The Balaban J connectivity index is 1.70. The minimum Gasteiger partial charge on any atom is -0.465 e. The van der Waals surface area contributed by atoms with Gasteiger partial charge < -0.3 is 14.5 Å². The molecule has 30 heavy (non-hydrogen) atoms. The standard InChI is InChI=1S/C23H19N5O2/c1-15-24-20(18-10-3-5-12-27(15)18)21-22(28-13-6-4-11-19(28)26-21)25-17-9-7-8-16(14-17)23(29)30-2/h3-14,25H,1-2H3. The number of methoxy groups -OCH3 is 1. The fourth-order valence-electron chi connectivity index (χ4n) is 3.62. The first-order valence-corrected chi connectivity index (χ1v) is 9.52. The van der Waals surface area contributed by atoms with E-state index in [2.05, 4.69) is 5.32 Å². The van der Waals surface area contributed by atoms with Gasteiger partial charge in [0, 0.05) is 18.1 Å². The van der Waals surface area contributed by atoms with E-state index in [1.165, 1.54) is 7.11 Å². The summed E-state index contributed by atoms with van der Waals surface area (Å²) in [7, 11) is 1.37. The molecule has 0 atom stereocenters. The molecule has 0 spiro atoms. The van der Waals surface area contributed by atoms with Crippen molar-refractivity contribution >= 4 is 28.6 Å². The van der Waals surface area contributed by atoms with Crippen LogP contribution in [0.25, 0.3) is 22.6 Å². The topological polar surface area (TPSA) is 72.9 Å². The van der Waals surface area contributed by atoms with E-state index in [-0.39, 0.29) is 5.97 Å². The Morgan fingerprint density at radius 2 is 1.73 bits per heavy atom. The van der Waals surface area contributed by atoms with Crippen molar-refractivity contribution in [2.75, 3.05) is 12.4 Å². The highest BCUT2D eigenvalue weighted by molar-refractivity contribution is 5.91. The number of nitrogens with zero attached hydrogens (tertiary/aromatic N) is 4. The summed E-state index contributed by atoms with van der Waals surface area (Å²) in [6.45, 7) is 1.97. The largest absolute Gasteiger partial charge is 0.465 e. The van der Waals surface area contributed by atoms with Gasteiger partial charge in [0.05, 0.1) is 18.2 Å². The van der Waals surface area contributed by atoms with Crippen LogP contribution in [0.15, 0.2) is 73.1 Å². The highest BCUT2D eigenvalue weighted by Crippen LogP contribution is 2.33. The molecule has 0 amide bonds. The van der Waals surface area contributed by atoms with E-state index in [4.69, 9.17) is 14.7 Å². The van der Waals surface area contributed by atoms with Crippen molar-refractivity contribution in [3.63, 3.8) is 0 Å². The van der Waals surface area contributed by atoms with Crippen molar-refractivity contribution in [2.24, 2.45) is 0 Å². The summed E-state index contributed by atoms with van der Waals surface area (Å²) in [5.74, 6) is 1.28. The molecule has 0 radical (unpaired) electrons. The van der Waals surface area contributed by atoms with Crippen LogP contribution in [0.1, 0.15) is 16.2 Å². The van der Waals surface area contributed by atoms with Crippen LogP contribution < -0.4 is 5.32 Å². The summed E-state index contributed by atoms with van der Waals surface area (Å²) in [4.78, 5) is 21.6. The molecule has 0 aliphatic heterocycles. The molecule has 0 saturated carbocycles. The van der Waals surface area contributed by atoms with Crippen LogP contribution in [-0.4, -0.2) is 31.8 Å². The smallest absolute Gasteiger partial charge is 0.337 e. The Labute approximate surface area is 172 Å². The van der Waals surface area contributed by atoms with Gasteiger partial charge >= 0.3 is 5.97 Å². The van der Waals surface area contributed by atoms with E-state index in [9.17, 15) is 4.79 Å². The first kappa shape index (κ1) is 17.9. The van der Waals surface area contributed by atoms with Crippen molar-refractivity contribution in [2.45, 2.75) is 6.92 Å². The first-order chi connectivity index (χ1) is 14.7. The number of aryl methyl sites for hydroxylation is 1. The number of carbonyl (C=O) groups is 1. The summed E-state index contributed by atoms with van der Waals surface area (Å²) < 4.78 is 8.86. The van der Waals surface area contributed by atoms with Crippen LogP contribution in [0.4, 0.5) is 11.5 Å². The van der Waals surface area contributed by atoms with Gasteiger partial charge in [0.25, 0.3) is 0 Å². The Bertz CT molecular complexity index is 1400. The van der Waals surface area contributed by atoms with Gasteiger partial charge in [-0.25, -0.2) is 14.8 Å². The second-order valence-corrected chi connectivity index (χ2v) is 6.90. The van der Waals surface area contributed by atoms with Gasteiger partial charge in [-0.1, -0.05) is 18.2 Å². The molecule has 7 nitrogen and oxygen atoms in total. The molecule has 5 rings (SSSR count). The first-order valence-electron chi connectivity index (χ1n) is 9.52. The average molecular weight is 397 g/mol. The van der Waals surface area contributed by atoms with Crippen LogP contribution in [0.5, 0.6) is 0 Å². The number of benzene rings is 1. The Hall–Kier alpha value is -4.13. The number of pyridine rings is 2. The second-order valence-electron chi connectivity index (χ2n) is 6.90. The highest BCUT2D eigenvalue weighted by Gasteiger charge is 2.20. The Morgan fingerprint density at radius 1 is 0.933 bits per heavy atom. The number of imidazole rings is 2. The number of anilines is 2. The van der Waals surface area contributed by atoms with E-state index in [0.29, 0.717) is 5.56 Å². The Morgan fingerprint density at radius 3 is 2.57 bits per heavy atom. The normalized spacial score (nSPS) is 11.1. The fraction of sp³-hybridized carbons (Fsp3) is 0.0870. The molecule has 4 aromatic heterocycles. The van der Waals surface area contributed by atoms with Gasteiger partial charge in [-0.3, -0.25) is 4.40 Å². The van der Waals surface area contributed by atoms with Crippen LogP contribution in [0, 0.1) is 6.92 Å². The number of rotatable bonds is 4. The molecule has 1 aromatic carbocycles. The lowest BCUT2D eigenvalue weighted by Gasteiger charge is -2.09. The number of aromatic nitrogens is 4. The zero-order chi connectivity index (χ0) is 20.7. The molecule has 4 heterocycles. The second kappa shape index (κ2) is 7.04. The van der Waals surface area contributed by atoms with Gasteiger partial charge in [-0.15, -0.1) is 0 Å². The fourth-order valence-corrected chi connectivity index (χ4v) is 3.62. The summed E-state index contributed by atoms with van der Waals surface area (Å²) in [5.41, 5.74) is 4.54. The maximum Gasteiger partial charge on any atom is 0.337 e. The van der Waals surface area contributed by atoms with Crippen molar-refractivity contribution in [3.05, 3.63) is 84.4 Å². The molecule has 0 aliphatic carbocycles. The van der Waals surface area contributed by atoms with E-state index in [0.717, 1.165) is 39.9 Å². The maximum atomic E-state index is 11.9. The average Bonchev–Trinajstić information content (AvgIpc) is 3.31. The van der Waals surface area contributed by atoms with Crippen molar-refractivity contribution < 1.29 is 9.53 Å².